The first-order valence-electron chi connectivity index (χ1n) is 6.41. The number of ether oxygens (including phenoxy) is 1. The molecule has 0 radical (unpaired) electrons. The van der Waals surface area contributed by atoms with Crippen molar-refractivity contribution in [3.05, 3.63) is 35.4 Å². The quantitative estimate of drug-likeness (QED) is 0.614. The van der Waals surface area contributed by atoms with E-state index in [4.69, 9.17) is 15.6 Å². The third-order valence-electron chi connectivity index (χ3n) is 2.89. The van der Waals surface area contributed by atoms with Crippen LogP contribution in [0.2, 0.25) is 0 Å². The molecule has 0 spiro atoms. The van der Waals surface area contributed by atoms with Crippen LogP contribution in [0.1, 0.15) is 24.0 Å². The summed E-state index contributed by atoms with van der Waals surface area (Å²) in [4.78, 5) is 0. The molecule has 0 amide bonds. The lowest BCUT2D eigenvalue weighted by molar-refractivity contribution is 0.161. The largest absolute Gasteiger partial charge is 0.392 e. The third-order valence-corrected chi connectivity index (χ3v) is 2.89. The lowest BCUT2D eigenvalue weighted by Gasteiger charge is -2.17. The lowest BCUT2D eigenvalue weighted by atomic mass is 10.1. The number of hydrogen-bond acceptors (Lipinski definition) is 4. The third kappa shape index (κ3) is 5.60. The minimum absolute atomic E-state index is 0.0858. The molecule has 0 aromatic heterocycles. The van der Waals surface area contributed by atoms with Gasteiger partial charge in [0, 0.05) is 19.7 Å². The van der Waals surface area contributed by atoms with Gasteiger partial charge in [-0.25, -0.2) is 0 Å². The highest BCUT2D eigenvalue weighted by Crippen LogP contribution is 2.06. The number of nitrogens with one attached hydrogen (secondary N) is 1. The van der Waals surface area contributed by atoms with Gasteiger partial charge in [0.15, 0.2) is 0 Å². The van der Waals surface area contributed by atoms with E-state index in [9.17, 15) is 0 Å². The molecule has 1 aromatic carbocycles. The van der Waals surface area contributed by atoms with Gasteiger partial charge in [-0.05, 0) is 30.5 Å². The molecule has 102 valence electrons. The van der Waals surface area contributed by atoms with Gasteiger partial charge >= 0.3 is 0 Å². The van der Waals surface area contributed by atoms with E-state index in [1.807, 2.05) is 18.2 Å². The number of hydrogen-bond donors (Lipinski definition) is 3. The molecule has 4 heteroatoms. The van der Waals surface area contributed by atoms with E-state index in [0.29, 0.717) is 19.2 Å². The fraction of sp³-hybridized carbons (Fsp3) is 0.571. The molecule has 0 aliphatic rings. The zero-order valence-electron chi connectivity index (χ0n) is 11.1. The van der Waals surface area contributed by atoms with Crippen LogP contribution in [0.25, 0.3) is 0 Å². The van der Waals surface area contributed by atoms with Crippen LogP contribution in [0.3, 0.4) is 0 Å². The average molecular weight is 252 g/mol. The molecule has 0 aliphatic carbocycles. The van der Waals surface area contributed by atoms with E-state index < -0.39 is 0 Å². The Hall–Kier alpha value is -0.940. The Balaban J connectivity index is 2.44. The summed E-state index contributed by atoms with van der Waals surface area (Å²) in [5.74, 6) is 0. The minimum Gasteiger partial charge on any atom is -0.392 e. The van der Waals surface area contributed by atoms with Gasteiger partial charge in [0.25, 0.3) is 0 Å². The highest BCUT2D eigenvalue weighted by Gasteiger charge is 2.07. The highest BCUT2D eigenvalue weighted by atomic mass is 16.5. The molecule has 0 bridgehead atoms. The Morgan fingerprint density at radius 3 is 2.83 bits per heavy atom. The second-order valence-corrected chi connectivity index (χ2v) is 4.44. The Bertz CT molecular complexity index is 331. The molecule has 0 heterocycles. The first-order chi connectivity index (χ1) is 8.80. The molecule has 0 saturated heterocycles. The summed E-state index contributed by atoms with van der Waals surface area (Å²) in [5.41, 5.74) is 7.64. The Morgan fingerprint density at radius 1 is 1.39 bits per heavy atom. The average Bonchev–Trinajstić information content (AvgIpc) is 2.42. The Morgan fingerprint density at radius 2 is 2.17 bits per heavy atom. The number of aliphatic hydroxyl groups is 1. The molecule has 0 saturated carbocycles. The molecule has 4 nitrogen and oxygen atoms in total. The van der Waals surface area contributed by atoms with Crippen molar-refractivity contribution >= 4 is 0 Å². The van der Waals surface area contributed by atoms with Gasteiger partial charge in [0.2, 0.25) is 0 Å². The molecule has 1 atom stereocenters. The Kier molecular flexibility index (Phi) is 7.60. The molecule has 1 aromatic rings. The van der Waals surface area contributed by atoms with Crippen LogP contribution in [-0.4, -0.2) is 31.4 Å². The lowest BCUT2D eigenvalue weighted by Crippen LogP contribution is -2.33. The van der Waals surface area contributed by atoms with E-state index in [0.717, 1.165) is 24.9 Å². The van der Waals surface area contributed by atoms with Gasteiger partial charge in [-0.3, -0.25) is 0 Å². The maximum Gasteiger partial charge on any atom is 0.0681 e. The van der Waals surface area contributed by atoms with E-state index in [2.05, 4.69) is 11.4 Å². The summed E-state index contributed by atoms with van der Waals surface area (Å²) in [6.07, 6.45) is 2.02. The van der Waals surface area contributed by atoms with E-state index in [-0.39, 0.29) is 6.61 Å². The van der Waals surface area contributed by atoms with Crippen molar-refractivity contribution in [3.63, 3.8) is 0 Å². The van der Waals surface area contributed by atoms with Gasteiger partial charge in [-0.15, -0.1) is 0 Å². The molecule has 4 N–H and O–H groups in total. The maximum atomic E-state index is 9.09. The van der Waals surface area contributed by atoms with Crippen molar-refractivity contribution < 1.29 is 9.84 Å². The van der Waals surface area contributed by atoms with Gasteiger partial charge in [-0.1, -0.05) is 24.3 Å². The molecule has 0 aliphatic heterocycles. The zero-order valence-corrected chi connectivity index (χ0v) is 11.1. The van der Waals surface area contributed by atoms with Crippen LogP contribution >= 0.6 is 0 Å². The van der Waals surface area contributed by atoms with Crippen molar-refractivity contribution in [2.45, 2.75) is 32.0 Å². The van der Waals surface area contributed by atoms with Crippen LogP contribution in [-0.2, 0) is 17.9 Å². The Labute approximate surface area is 109 Å². The SMILES string of the molecule is COCC(CCCN)NCc1cccc(CO)c1. The van der Waals surface area contributed by atoms with Crippen LogP contribution in [0.15, 0.2) is 24.3 Å². The molecular formula is C14H24N2O2. The predicted octanol–water partition coefficient (Wildman–Crippen LogP) is 1.02. The van der Waals surface area contributed by atoms with Crippen LogP contribution in [0.4, 0.5) is 0 Å². The van der Waals surface area contributed by atoms with Gasteiger partial charge in [0.1, 0.15) is 0 Å². The summed E-state index contributed by atoms with van der Waals surface area (Å²) in [7, 11) is 1.71. The van der Waals surface area contributed by atoms with Crippen LogP contribution in [0, 0.1) is 0 Å². The second kappa shape index (κ2) is 9.05. The summed E-state index contributed by atoms with van der Waals surface area (Å²) in [5, 5.41) is 12.5. The number of aliphatic hydroxyl groups excluding tert-OH is 1. The van der Waals surface area contributed by atoms with Crippen molar-refractivity contribution in [2.75, 3.05) is 20.3 Å². The van der Waals surface area contributed by atoms with Gasteiger partial charge < -0.3 is 20.9 Å². The fourth-order valence-corrected chi connectivity index (χ4v) is 1.91. The summed E-state index contributed by atoms with van der Waals surface area (Å²) in [6.45, 7) is 2.27. The molecule has 1 rings (SSSR count). The number of benzene rings is 1. The molecule has 0 fully saturated rings. The van der Waals surface area contributed by atoms with E-state index in [1.165, 1.54) is 5.56 Å². The smallest absolute Gasteiger partial charge is 0.0681 e. The molecule has 18 heavy (non-hydrogen) atoms. The number of methoxy groups -OCH3 is 1. The monoisotopic (exact) mass is 252 g/mol. The number of rotatable bonds is 9. The summed E-state index contributed by atoms with van der Waals surface area (Å²) >= 11 is 0. The topological polar surface area (TPSA) is 67.5 Å². The molecule has 1 unspecified atom stereocenters. The summed E-state index contributed by atoms with van der Waals surface area (Å²) in [6, 6.07) is 8.29. The maximum absolute atomic E-state index is 9.09. The zero-order chi connectivity index (χ0) is 13.2. The predicted molar refractivity (Wildman–Crippen MR) is 73.2 cm³/mol. The van der Waals surface area contributed by atoms with Gasteiger partial charge in [-0.2, -0.15) is 0 Å². The van der Waals surface area contributed by atoms with Crippen LogP contribution < -0.4 is 11.1 Å². The molecular weight excluding hydrogens is 228 g/mol. The van der Waals surface area contributed by atoms with Crippen molar-refractivity contribution in [3.8, 4) is 0 Å². The fourth-order valence-electron chi connectivity index (χ4n) is 1.91. The van der Waals surface area contributed by atoms with Crippen molar-refractivity contribution in [1.29, 1.82) is 0 Å². The van der Waals surface area contributed by atoms with Crippen LogP contribution in [0.5, 0.6) is 0 Å². The van der Waals surface area contributed by atoms with Crippen molar-refractivity contribution in [1.82, 2.24) is 5.32 Å². The van der Waals surface area contributed by atoms with Crippen molar-refractivity contribution in [2.24, 2.45) is 5.73 Å². The first-order valence-corrected chi connectivity index (χ1v) is 6.41. The first kappa shape index (κ1) is 15.1. The highest BCUT2D eigenvalue weighted by molar-refractivity contribution is 5.22. The van der Waals surface area contributed by atoms with E-state index >= 15 is 0 Å². The van der Waals surface area contributed by atoms with E-state index in [1.54, 1.807) is 7.11 Å². The summed E-state index contributed by atoms with van der Waals surface area (Å²) < 4.78 is 5.19. The standard InChI is InChI=1S/C14H24N2O2/c1-18-11-14(6-3-7-15)16-9-12-4-2-5-13(8-12)10-17/h2,4-5,8,14,16-17H,3,6-7,9-11,15H2,1H3. The van der Waals surface area contributed by atoms with Gasteiger partial charge in [0.05, 0.1) is 13.2 Å². The minimum atomic E-state index is 0.0858. The number of nitrogens with two attached hydrogens (primary N) is 1. The second-order valence-electron chi connectivity index (χ2n) is 4.44. The normalized spacial score (nSPS) is 12.6.